The molecule has 2 fully saturated rings. The van der Waals surface area contributed by atoms with Crippen LogP contribution < -0.4 is 5.32 Å². The molecule has 0 radical (unpaired) electrons. The molecule has 2 aromatic heterocycles. The van der Waals surface area contributed by atoms with E-state index in [1.165, 1.54) is 0 Å². The van der Waals surface area contributed by atoms with Crippen molar-refractivity contribution < 1.29 is 19.1 Å². The van der Waals surface area contributed by atoms with Gasteiger partial charge in [-0.2, -0.15) is 5.10 Å². The zero-order valence-corrected chi connectivity index (χ0v) is 21.6. The second-order valence-corrected chi connectivity index (χ2v) is 11.6. The van der Waals surface area contributed by atoms with Gasteiger partial charge in [0.2, 0.25) is 0 Å². The van der Waals surface area contributed by atoms with Gasteiger partial charge in [0.25, 0.3) is 0 Å². The van der Waals surface area contributed by atoms with Crippen LogP contribution in [0.5, 0.6) is 0 Å². The minimum absolute atomic E-state index is 0.156. The number of hydrogen-bond acceptors (Lipinski definition) is 7. The zero-order chi connectivity index (χ0) is 25.4. The highest BCUT2D eigenvalue weighted by molar-refractivity contribution is 5.88. The average molecular weight is 484 g/mol. The summed E-state index contributed by atoms with van der Waals surface area (Å²) < 4.78 is 13.0. The molecular formula is C26H37N5O4. The number of nitrogens with zero attached hydrogens (tertiary/aromatic N) is 4. The Morgan fingerprint density at radius 2 is 1.71 bits per heavy atom. The first kappa shape index (κ1) is 25.0. The van der Waals surface area contributed by atoms with Gasteiger partial charge in [-0.25, -0.2) is 14.5 Å². The lowest BCUT2D eigenvalue weighted by Crippen LogP contribution is -2.47. The molecule has 9 heteroatoms. The molecular weight excluding hydrogens is 446 g/mol. The third kappa shape index (κ3) is 6.74. The Labute approximate surface area is 207 Å². The lowest BCUT2D eigenvalue weighted by molar-refractivity contribution is -0.00641. The summed E-state index contributed by atoms with van der Waals surface area (Å²) in [7, 11) is 0. The molecule has 4 rings (SSSR count). The van der Waals surface area contributed by atoms with Gasteiger partial charge in [0.05, 0.1) is 29.3 Å². The molecule has 2 amide bonds. The van der Waals surface area contributed by atoms with Crippen molar-refractivity contribution in [2.75, 3.05) is 11.9 Å². The summed E-state index contributed by atoms with van der Waals surface area (Å²) in [6.45, 7) is 11.0. The van der Waals surface area contributed by atoms with Crippen LogP contribution in [0.3, 0.4) is 0 Å². The minimum atomic E-state index is -0.703. The van der Waals surface area contributed by atoms with E-state index < -0.39 is 23.4 Å². The van der Waals surface area contributed by atoms with Crippen molar-refractivity contribution in [2.45, 2.75) is 90.4 Å². The van der Waals surface area contributed by atoms with E-state index in [9.17, 15) is 9.59 Å². The van der Waals surface area contributed by atoms with Crippen LogP contribution in [0.1, 0.15) is 84.9 Å². The summed E-state index contributed by atoms with van der Waals surface area (Å²) in [5, 5.41) is 8.37. The fourth-order valence-electron chi connectivity index (χ4n) is 4.12. The van der Waals surface area contributed by atoms with Gasteiger partial charge in [0.1, 0.15) is 11.2 Å². The first-order valence-electron chi connectivity index (χ1n) is 12.4. The zero-order valence-electron chi connectivity index (χ0n) is 21.6. The maximum Gasteiger partial charge on any atom is 0.419 e. The quantitative estimate of drug-likeness (QED) is 0.536. The molecule has 0 aliphatic heterocycles. The monoisotopic (exact) mass is 483 g/mol. The van der Waals surface area contributed by atoms with Crippen LogP contribution in [0, 0.1) is 5.92 Å². The molecule has 2 aliphatic carbocycles. The summed E-state index contributed by atoms with van der Waals surface area (Å²) >= 11 is 0. The van der Waals surface area contributed by atoms with E-state index in [2.05, 4.69) is 16.5 Å². The molecule has 0 atom stereocenters. The van der Waals surface area contributed by atoms with Crippen LogP contribution in [0.15, 0.2) is 30.7 Å². The molecule has 0 bridgehead atoms. The van der Waals surface area contributed by atoms with Crippen molar-refractivity contribution in [3.05, 3.63) is 36.4 Å². The molecule has 2 heterocycles. The van der Waals surface area contributed by atoms with Gasteiger partial charge < -0.3 is 14.8 Å². The van der Waals surface area contributed by atoms with Gasteiger partial charge in [-0.1, -0.05) is 0 Å². The van der Waals surface area contributed by atoms with Crippen molar-refractivity contribution in [3.8, 4) is 0 Å². The second-order valence-electron chi connectivity index (χ2n) is 11.6. The van der Waals surface area contributed by atoms with Crippen molar-refractivity contribution in [3.63, 3.8) is 0 Å². The molecule has 0 saturated heterocycles. The van der Waals surface area contributed by atoms with Gasteiger partial charge in [-0.05, 0) is 85.3 Å². The lowest BCUT2D eigenvalue weighted by Gasteiger charge is -2.38. The van der Waals surface area contributed by atoms with Crippen molar-refractivity contribution >= 4 is 23.6 Å². The third-order valence-electron chi connectivity index (χ3n) is 5.92. The fourth-order valence-corrected chi connectivity index (χ4v) is 4.12. The minimum Gasteiger partial charge on any atom is -0.443 e. The van der Waals surface area contributed by atoms with E-state index in [0.717, 1.165) is 47.7 Å². The van der Waals surface area contributed by atoms with Crippen molar-refractivity contribution in [1.82, 2.24) is 19.7 Å². The highest BCUT2D eigenvalue weighted by atomic mass is 16.6. The van der Waals surface area contributed by atoms with Crippen LogP contribution in [0.4, 0.5) is 21.0 Å². The van der Waals surface area contributed by atoms with E-state index in [-0.39, 0.29) is 18.5 Å². The number of imide groups is 1. The Bertz CT molecular complexity index is 1020. The smallest absolute Gasteiger partial charge is 0.419 e. The summed E-state index contributed by atoms with van der Waals surface area (Å²) in [6.07, 6.45) is 8.24. The maximum atomic E-state index is 12.8. The van der Waals surface area contributed by atoms with Crippen LogP contribution in [0.25, 0.3) is 0 Å². The topological polar surface area (TPSA) is 98.6 Å². The molecule has 1 N–H and O–H groups in total. The van der Waals surface area contributed by atoms with E-state index in [1.807, 2.05) is 16.8 Å². The first-order valence-corrected chi connectivity index (χ1v) is 12.4. The maximum absolute atomic E-state index is 12.8. The number of rotatable bonds is 6. The van der Waals surface area contributed by atoms with Gasteiger partial charge in [0, 0.05) is 24.9 Å². The Morgan fingerprint density at radius 1 is 1.09 bits per heavy atom. The van der Waals surface area contributed by atoms with Crippen molar-refractivity contribution in [2.24, 2.45) is 5.92 Å². The second kappa shape index (κ2) is 9.51. The molecule has 2 aliphatic rings. The number of carbonyl (C=O) groups excluding carboxylic acids is 2. The number of hydrogen-bond donors (Lipinski definition) is 1. The first-order chi connectivity index (χ1) is 16.4. The number of anilines is 2. The van der Waals surface area contributed by atoms with Crippen LogP contribution in [-0.2, 0) is 9.47 Å². The van der Waals surface area contributed by atoms with Crippen molar-refractivity contribution in [1.29, 1.82) is 0 Å². The molecule has 0 spiro atoms. The average Bonchev–Trinajstić information content (AvgIpc) is 3.46. The van der Waals surface area contributed by atoms with E-state index >= 15 is 0 Å². The summed E-state index contributed by atoms with van der Waals surface area (Å²) in [5.74, 6) is 0.657. The highest BCUT2D eigenvalue weighted by Gasteiger charge is 2.39. The summed E-state index contributed by atoms with van der Waals surface area (Å²) in [6, 6.07) is 4.12. The number of nitrogens with one attached hydrogen (secondary N) is 1. The third-order valence-corrected chi connectivity index (χ3v) is 5.92. The predicted octanol–water partition coefficient (Wildman–Crippen LogP) is 6.02. The number of pyridine rings is 1. The number of ether oxygens (including phenoxy) is 2. The molecule has 2 aromatic rings. The normalized spacial score (nSPS) is 20.1. The van der Waals surface area contributed by atoms with Crippen LogP contribution >= 0.6 is 0 Å². The van der Waals surface area contributed by atoms with Gasteiger partial charge in [0.15, 0.2) is 0 Å². The summed E-state index contributed by atoms with van der Waals surface area (Å²) in [4.78, 5) is 30.9. The highest BCUT2D eigenvalue weighted by Crippen LogP contribution is 2.45. The van der Waals surface area contributed by atoms with Gasteiger partial charge in [-0.15, -0.1) is 0 Å². The molecule has 35 heavy (non-hydrogen) atoms. The Kier molecular flexibility index (Phi) is 6.79. The van der Waals surface area contributed by atoms with Crippen LogP contribution in [0.2, 0.25) is 0 Å². The van der Waals surface area contributed by atoms with E-state index in [1.54, 1.807) is 53.9 Å². The van der Waals surface area contributed by atoms with Gasteiger partial charge >= 0.3 is 12.2 Å². The van der Waals surface area contributed by atoms with E-state index in [0.29, 0.717) is 5.92 Å². The Hall–Kier alpha value is -3.10. The molecule has 0 aromatic carbocycles. The Balaban J connectivity index is 1.41. The van der Waals surface area contributed by atoms with E-state index in [4.69, 9.17) is 14.6 Å². The lowest BCUT2D eigenvalue weighted by atomic mass is 9.80. The SMILES string of the molecule is CC(C)(C)OC(=O)N(CC1CC(n2cc(Nc3cccnc3)c(C3CC3)n2)C1)C(=O)OC(C)(C)C. The fraction of sp³-hybridized carbons (Fsp3) is 0.615. The molecule has 9 nitrogen and oxygen atoms in total. The van der Waals surface area contributed by atoms with Crippen LogP contribution in [-0.4, -0.2) is 49.6 Å². The standard InChI is InChI=1S/C26H37N5O4/c1-25(2,3)34-23(32)30(24(33)35-26(4,5)6)15-17-12-20(13-17)31-16-21(22(29-31)18-9-10-18)28-19-8-7-11-27-14-19/h7-8,11,14,16-18,20,28H,9-10,12-13,15H2,1-6H3. The molecule has 0 unspecified atom stereocenters. The molecule has 2 saturated carbocycles. The van der Waals surface area contributed by atoms with Gasteiger partial charge in [-0.3, -0.25) is 9.67 Å². The number of amides is 2. The largest absolute Gasteiger partial charge is 0.443 e. The number of aromatic nitrogens is 3. The summed E-state index contributed by atoms with van der Waals surface area (Å²) in [5.41, 5.74) is 1.65. The predicted molar refractivity (Wildman–Crippen MR) is 133 cm³/mol. The molecule has 190 valence electrons. The Morgan fingerprint density at radius 3 is 2.23 bits per heavy atom. The number of carbonyl (C=O) groups is 2.